The number of carbonyl (C=O) groups excluding carboxylic acids is 1. The molecule has 4 rings (SSSR count). The predicted molar refractivity (Wildman–Crippen MR) is 169 cm³/mol. The second-order valence-electron chi connectivity index (χ2n) is 12.9. The van der Waals surface area contributed by atoms with Crippen molar-refractivity contribution in [2.24, 2.45) is 17.6 Å². The van der Waals surface area contributed by atoms with E-state index in [1.165, 1.54) is 38.5 Å². The van der Waals surface area contributed by atoms with Crippen molar-refractivity contribution in [3.63, 3.8) is 0 Å². The number of allylic oxidation sites excluding steroid dienone is 1. The molecule has 41 heavy (non-hydrogen) atoms. The van der Waals surface area contributed by atoms with Crippen LogP contribution in [0.3, 0.4) is 0 Å². The van der Waals surface area contributed by atoms with E-state index in [-0.39, 0.29) is 24.1 Å². The molecule has 2 aliphatic carbocycles. The highest BCUT2D eigenvalue weighted by Gasteiger charge is 2.30. The van der Waals surface area contributed by atoms with E-state index in [2.05, 4.69) is 35.0 Å². The molecular weight excluding hydrogens is 557 g/mol. The van der Waals surface area contributed by atoms with Gasteiger partial charge in [0.05, 0.1) is 11.4 Å². The van der Waals surface area contributed by atoms with Gasteiger partial charge in [0.2, 0.25) is 5.95 Å². The van der Waals surface area contributed by atoms with Crippen LogP contribution >= 0.6 is 12.4 Å². The number of hydrogen-bond donors (Lipinski definition) is 2. The highest BCUT2D eigenvalue weighted by Crippen LogP contribution is 2.40. The molecule has 1 amide bonds. The summed E-state index contributed by atoms with van der Waals surface area (Å²) in [5.41, 5.74) is 10.6. The molecule has 0 aromatic carbocycles. The summed E-state index contributed by atoms with van der Waals surface area (Å²) in [6, 6.07) is 4.38. The fraction of sp³-hybridized carbons (Fsp3) is 0.645. The summed E-state index contributed by atoms with van der Waals surface area (Å²) in [4.78, 5) is 17.4. The van der Waals surface area contributed by atoms with Crippen molar-refractivity contribution < 1.29 is 13.9 Å². The molecular formula is C31H49ClFN5O2Si. The van der Waals surface area contributed by atoms with Crippen LogP contribution in [0.2, 0.25) is 25.7 Å². The molecule has 228 valence electrons. The normalized spacial score (nSPS) is 16.7. The van der Waals surface area contributed by atoms with Gasteiger partial charge in [0.1, 0.15) is 12.5 Å². The van der Waals surface area contributed by atoms with E-state index in [1.54, 1.807) is 16.8 Å². The number of aromatic nitrogens is 3. The SMILES string of the molecule is Cc1nn(COCC[Si](C)(C)C)c(C)c1-c1ccc(NC(=O)C(N)=C(C2CCCCC2)C2CCCCC2)nc1F.Cl. The second-order valence-corrected chi connectivity index (χ2v) is 18.5. The van der Waals surface area contributed by atoms with Gasteiger partial charge in [-0.05, 0) is 75.1 Å². The van der Waals surface area contributed by atoms with Crippen LogP contribution < -0.4 is 11.1 Å². The average molecular weight is 606 g/mol. The lowest BCUT2D eigenvalue weighted by Crippen LogP contribution is -2.29. The van der Waals surface area contributed by atoms with E-state index in [1.807, 2.05) is 13.8 Å². The Balaban J connectivity index is 0.00000462. The maximum atomic E-state index is 15.4. The van der Waals surface area contributed by atoms with Crippen molar-refractivity contribution in [3.05, 3.63) is 40.7 Å². The monoisotopic (exact) mass is 605 g/mol. The fourth-order valence-electron chi connectivity index (χ4n) is 6.35. The van der Waals surface area contributed by atoms with Gasteiger partial charge in [0.15, 0.2) is 0 Å². The highest BCUT2D eigenvalue weighted by atomic mass is 35.5. The molecule has 2 fully saturated rings. The summed E-state index contributed by atoms with van der Waals surface area (Å²) in [6.45, 7) is 11.7. The minimum Gasteiger partial charge on any atom is -0.394 e. The number of amides is 1. The third-order valence-electron chi connectivity index (χ3n) is 8.60. The van der Waals surface area contributed by atoms with Crippen LogP contribution in [-0.4, -0.2) is 35.4 Å². The molecule has 0 spiro atoms. The molecule has 0 saturated heterocycles. The first-order valence-corrected chi connectivity index (χ1v) is 18.9. The lowest BCUT2D eigenvalue weighted by atomic mass is 9.73. The number of ether oxygens (including phenoxy) is 1. The van der Waals surface area contributed by atoms with Crippen molar-refractivity contribution in [3.8, 4) is 11.1 Å². The summed E-state index contributed by atoms with van der Waals surface area (Å²) in [5.74, 6) is -0.112. The summed E-state index contributed by atoms with van der Waals surface area (Å²) >= 11 is 0. The smallest absolute Gasteiger partial charge is 0.272 e. The highest BCUT2D eigenvalue weighted by molar-refractivity contribution is 6.76. The number of hydrogen-bond acceptors (Lipinski definition) is 5. The van der Waals surface area contributed by atoms with E-state index in [9.17, 15) is 4.79 Å². The van der Waals surface area contributed by atoms with Crippen molar-refractivity contribution in [1.82, 2.24) is 14.8 Å². The van der Waals surface area contributed by atoms with Gasteiger partial charge in [-0.1, -0.05) is 58.2 Å². The zero-order chi connectivity index (χ0) is 28.9. The molecule has 2 aromatic heterocycles. The Kier molecular flexibility index (Phi) is 12.0. The number of nitrogens with one attached hydrogen (secondary N) is 1. The van der Waals surface area contributed by atoms with Crippen LogP contribution in [0, 0.1) is 31.6 Å². The predicted octanol–water partition coefficient (Wildman–Crippen LogP) is 7.75. The van der Waals surface area contributed by atoms with Gasteiger partial charge in [0, 0.05) is 31.5 Å². The minimum absolute atomic E-state index is 0. The number of rotatable bonds is 10. The molecule has 2 aromatic rings. The molecule has 0 atom stereocenters. The Morgan fingerprint density at radius 3 is 2.17 bits per heavy atom. The van der Waals surface area contributed by atoms with Crippen LogP contribution in [0.25, 0.3) is 11.1 Å². The Morgan fingerprint density at radius 2 is 1.63 bits per heavy atom. The first-order valence-electron chi connectivity index (χ1n) is 15.1. The van der Waals surface area contributed by atoms with Crippen molar-refractivity contribution in [2.45, 2.75) is 110 Å². The summed E-state index contributed by atoms with van der Waals surface area (Å²) < 4.78 is 23.0. The number of carbonyl (C=O) groups is 1. The maximum absolute atomic E-state index is 15.4. The second kappa shape index (κ2) is 14.8. The van der Waals surface area contributed by atoms with Gasteiger partial charge in [-0.15, -0.1) is 12.4 Å². The number of pyridine rings is 1. The van der Waals surface area contributed by atoms with E-state index in [0.717, 1.165) is 43.0 Å². The van der Waals surface area contributed by atoms with Crippen LogP contribution in [0.1, 0.15) is 75.6 Å². The molecule has 10 heteroatoms. The quantitative estimate of drug-likeness (QED) is 0.125. The first-order chi connectivity index (χ1) is 19.0. The van der Waals surface area contributed by atoms with Gasteiger partial charge in [-0.25, -0.2) is 9.67 Å². The number of aryl methyl sites for hydroxylation is 1. The van der Waals surface area contributed by atoms with Gasteiger partial charge >= 0.3 is 0 Å². The van der Waals surface area contributed by atoms with Crippen molar-refractivity contribution in [1.29, 1.82) is 0 Å². The number of nitrogens with zero attached hydrogens (tertiary/aromatic N) is 3. The molecule has 7 nitrogen and oxygen atoms in total. The Bertz CT molecular complexity index is 1190. The fourth-order valence-corrected chi connectivity index (χ4v) is 7.10. The number of halogens is 2. The standard InChI is InChI=1S/C31H48FN5O2Si.ClH/c1-21-27(22(2)37(36-21)20-39-18-19-40(3,4)5)25-16-17-26(34-30(25)32)35-31(38)29(33)28(23-12-8-6-9-13-23)24-14-10-7-11-15-24;/h16-17,23-24H,6-15,18-20,33H2,1-5H3,(H,34,35,38);1H. The molecule has 2 aliphatic rings. The molecule has 2 heterocycles. The van der Waals surface area contributed by atoms with E-state index in [4.69, 9.17) is 10.5 Å². The van der Waals surface area contributed by atoms with Gasteiger partial charge in [0.25, 0.3) is 5.91 Å². The van der Waals surface area contributed by atoms with E-state index < -0.39 is 14.0 Å². The lowest BCUT2D eigenvalue weighted by molar-refractivity contribution is -0.113. The van der Waals surface area contributed by atoms with Crippen LogP contribution in [0.5, 0.6) is 0 Å². The zero-order valence-electron chi connectivity index (χ0n) is 25.5. The van der Waals surface area contributed by atoms with Gasteiger partial charge in [-0.2, -0.15) is 9.49 Å². The summed E-state index contributed by atoms with van der Waals surface area (Å²) in [5, 5.41) is 7.37. The first kappa shape index (κ1) is 33.3. The summed E-state index contributed by atoms with van der Waals surface area (Å²) in [6.07, 6.45) is 11.6. The molecule has 0 bridgehead atoms. The summed E-state index contributed by atoms with van der Waals surface area (Å²) in [7, 11) is -1.18. The van der Waals surface area contributed by atoms with Gasteiger partial charge in [-0.3, -0.25) is 4.79 Å². The largest absolute Gasteiger partial charge is 0.394 e. The average Bonchev–Trinajstić information content (AvgIpc) is 3.20. The van der Waals surface area contributed by atoms with Crippen molar-refractivity contribution >= 4 is 32.2 Å². The third kappa shape index (κ3) is 8.64. The van der Waals surface area contributed by atoms with Crippen LogP contribution in [0.4, 0.5) is 10.2 Å². The van der Waals surface area contributed by atoms with E-state index >= 15 is 4.39 Å². The third-order valence-corrected chi connectivity index (χ3v) is 10.3. The Labute approximate surface area is 252 Å². The van der Waals surface area contributed by atoms with Crippen LogP contribution in [-0.2, 0) is 16.3 Å². The minimum atomic E-state index is -1.18. The van der Waals surface area contributed by atoms with Gasteiger partial charge < -0.3 is 15.8 Å². The molecule has 0 radical (unpaired) electrons. The van der Waals surface area contributed by atoms with Crippen LogP contribution in [0.15, 0.2) is 23.4 Å². The molecule has 2 saturated carbocycles. The Morgan fingerprint density at radius 1 is 1.05 bits per heavy atom. The Hall–Kier alpha value is -2.23. The zero-order valence-corrected chi connectivity index (χ0v) is 27.3. The molecule has 3 N–H and O–H groups in total. The van der Waals surface area contributed by atoms with E-state index in [0.29, 0.717) is 47.7 Å². The number of nitrogens with two attached hydrogens (primary N) is 1. The van der Waals surface area contributed by atoms with Crippen molar-refractivity contribution in [2.75, 3.05) is 11.9 Å². The lowest BCUT2D eigenvalue weighted by Gasteiger charge is -2.33. The molecule has 0 aliphatic heterocycles. The number of anilines is 1. The molecule has 0 unspecified atom stereocenters. The topological polar surface area (TPSA) is 95.1 Å². The maximum Gasteiger partial charge on any atom is 0.272 e.